The number of ether oxygens (including phenoxy) is 2. The van der Waals surface area contributed by atoms with E-state index in [-0.39, 0.29) is 17.4 Å². The molecule has 20 heavy (non-hydrogen) atoms. The van der Waals surface area contributed by atoms with Crippen molar-refractivity contribution < 1.29 is 27.4 Å². The molecule has 0 radical (unpaired) electrons. The first kappa shape index (κ1) is 14.7. The number of carbonyl (C=O) groups excluding carboxylic acids is 1. The Labute approximate surface area is 114 Å². The van der Waals surface area contributed by atoms with E-state index in [0.717, 1.165) is 44.2 Å². The fourth-order valence-corrected chi connectivity index (χ4v) is 2.20. The predicted octanol–water partition coefficient (Wildman–Crippen LogP) is 4.07. The fourth-order valence-electron chi connectivity index (χ4n) is 2.20. The highest BCUT2D eigenvalue weighted by atomic mass is 19.4. The zero-order chi connectivity index (χ0) is 14.6. The number of hydrogen-bond donors (Lipinski definition) is 0. The summed E-state index contributed by atoms with van der Waals surface area (Å²) in [7, 11) is 0. The summed E-state index contributed by atoms with van der Waals surface area (Å²) in [4.78, 5) is 11.8. The van der Waals surface area contributed by atoms with E-state index in [4.69, 9.17) is 4.74 Å². The van der Waals surface area contributed by atoms with Crippen LogP contribution in [0.15, 0.2) is 24.3 Å². The lowest BCUT2D eigenvalue weighted by molar-refractivity contribution is -0.274. The molecule has 0 bridgehead atoms. The van der Waals surface area contributed by atoms with Gasteiger partial charge in [0, 0.05) is 0 Å². The molecule has 1 aliphatic rings. The number of benzene rings is 1. The summed E-state index contributed by atoms with van der Waals surface area (Å²) in [6.07, 6.45) is 0.110. The summed E-state index contributed by atoms with van der Waals surface area (Å²) >= 11 is 0. The summed E-state index contributed by atoms with van der Waals surface area (Å²) in [6, 6.07) is 4.74. The second-order valence-electron chi connectivity index (χ2n) is 4.74. The van der Waals surface area contributed by atoms with Gasteiger partial charge in [0.05, 0.1) is 5.56 Å². The van der Waals surface area contributed by atoms with Crippen molar-refractivity contribution in [2.45, 2.75) is 44.6 Å². The van der Waals surface area contributed by atoms with Crippen LogP contribution in [-0.2, 0) is 4.74 Å². The van der Waals surface area contributed by atoms with Crippen LogP contribution < -0.4 is 4.74 Å². The van der Waals surface area contributed by atoms with E-state index >= 15 is 0 Å². The molecular weight excluding hydrogens is 273 g/mol. The zero-order valence-corrected chi connectivity index (χ0v) is 10.8. The van der Waals surface area contributed by atoms with Crippen molar-refractivity contribution >= 4 is 5.97 Å². The van der Waals surface area contributed by atoms with E-state index in [1.165, 1.54) is 12.1 Å². The SMILES string of the molecule is O=C(OC1CCCCC1)c1ccc(OC(F)(F)F)cc1. The van der Waals surface area contributed by atoms with Crippen molar-refractivity contribution in [3.05, 3.63) is 29.8 Å². The summed E-state index contributed by atoms with van der Waals surface area (Å²) in [5.74, 6) is -0.859. The maximum atomic E-state index is 12.0. The lowest BCUT2D eigenvalue weighted by atomic mass is 9.98. The average molecular weight is 288 g/mol. The minimum Gasteiger partial charge on any atom is -0.459 e. The molecule has 0 amide bonds. The molecule has 1 aromatic rings. The number of halogens is 3. The van der Waals surface area contributed by atoms with Gasteiger partial charge in [0.25, 0.3) is 0 Å². The van der Waals surface area contributed by atoms with E-state index in [1.807, 2.05) is 0 Å². The minimum absolute atomic E-state index is 0.0812. The molecule has 110 valence electrons. The molecule has 0 spiro atoms. The van der Waals surface area contributed by atoms with Crippen molar-refractivity contribution in [1.82, 2.24) is 0 Å². The van der Waals surface area contributed by atoms with Crippen LogP contribution in [0.25, 0.3) is 0 Å². The standard InChI is InChI=1S/C14H15F3O3/c15-14(16,17)20-12-8-6-10(7-9-12)13(18)19-11-4-2-1-3-5-11/h6-9,11H,1-5H2. The van der Waals surface area contributed by atoms with Gasteiger partial charge in [-0.15, -0.1) is 13.2 Å². The van der Waals surface area contributed by atoms with E-state index in [0.29, 0.717) is 0 Å². The molecular formula is C14H15F3O3. The third-order valence-corrected chi connectivity index (χ3v) is 3.15. The van der Waals surface area contributed by atoms with Crippen LogP contribution in [0, 0.1) is 0 Å². The Morgan fingerprint density at radius 1 is 1.05 bits per heavy atom. The summed E-state index contributed by atoms with van der Waals surface area (Å²) in [5, 5.41) is 0. The molecule has 6 heteroatoms. The van der Waals surface area contributed by atoms with Crippen molar-refractivity contribution in [3.63, 3.8) is 0 Å². The summed E-state index contributed by atoms with van der Waals surface area (Å²) < 4.78 is 45.0. The molecule has 2 rings (SSSR count). The summed E-state index contributed by atoms with van der Waals surface area (Å²) in [5.41, 5.74) is 0.227. The monoisotopic (exact) mass is 288 g/mol. The predicted molar refractivity (Wildman–Crippen MR) is 65.4 cm³/mol. The molecule has 0 unspecified atom stereocenters. The smallest absolute Gasteiger partial charge is 0.459 e. The normalized spacial score (nSPS) is 16.8. The Bertz CT molecular complexity index is 448. The Morgan fingerprint density at radius 3 is 2.20 bits per heavy atom. The van der Waals surface area contributed by atoms with E-state index in [9.17, 15) is 18.0 Å². The number of alkyl halides is 3. The number of carbonyl (C=O) groups is 1. The average Bonchev–Trinajstić information content (AvgIpc) is 2.39. The molecule has 0 aromatic heterocycles. The van der Waals surface area contributed by atoms with Crippen molar-refractivity contribution in [1.29, 1.82) is 0 Å². The maximum absolute atomic E-state index is 12.0. The number of esters is 1. The van der Waals surface area contributed by atoms with Crippen molar-refractivity contribution in [2.75, 3.05) is 0 Å². The first-order chi connectivity index (χ1) is 9.44. The third kappa shape index (κ3) is 4.43. The van der Waals surface area contributed by atoms with Gasteiger partial charge in [-0.2, -0.15) is 0 Å². The topological polar surface area (TPSA) is 35.5 Å². The van der Waals surface area contributed by atoms with Gasteiger partial charge >= 0.3 is 12.3 Å². The van der Waals surface area contributed by atoms with Crippen LogP contribution in [0.5, 0.6) is 5.75 Å². The lowest BCUT2D eigenvalue weighted by Gasteiger charge is -2.21. The second kappa shape index (κ2) is 6.15. The Morgan fingerprint density at radius 2 is 1.65 bits per heavy atom. The largest absolute Gasteiger partial charge is 0.573 e. The van der Waals surface area contributed by atoms with E-state index < -0.39 is 12.3 Å². The van der Waals surface area contributed by atoms with E-state index in [2.05, 4.69) is 4.74 Å². The van der Waals surface area contributed by atoms with Crippen LogP contribution in [0.2, 0.25) is 0 Å². The van der Waals surface area contributed by atoms with Gasteiger partial charge in [0.1, 0.15) is 11.9 Å². The first-order valence-electron chi connectivity index (χ1n) is 6.51. The second-order valence-corrected chi connectivity index (χ2v) is 4.74. The highest BCUT2D eigenvalue weighted by molar-refractivity contribution is 5.89. The third-order valence-electron chi connectivity index (χ3n) is 3.15. The van der Waals surface area contributed by atoms with Crippen LogP contribution in [0.1, 0.15) is 42.5 Å². The highest BCUT2D eigenvalue weighted by Crippen LogP contribution is 2.24. The zero-order valence-electron chi connectivity index (χ0n) is 10.8. The molecule has 1 saturated carbocycles. The van der Waals surface area contributed by atoms with Gasteiger partial charge in [-0.3, -0.25) is 0 Å². The Kier molecular flexibility index (Phi) is 4.52. The number of hydrogen-bond acceptors (Lipinski definition) is 3. The Hall–Kier alpha value is -1.72. The van der Waals surface area contributed by atoms with Gasteiger partial charge in [0.2, 0.25) is 0 Å². The number of rotatable bonds is 3. The minimum atomic E-state index is -4.73. The molecule has 0 heterocycles. The molecule has 1 aromatic carbocycles. The summed E-state index contributed by atoms with van der Waals surface area (Å²) in [6.45, 7) is 0. The molecule has 1 fully saturated rings. The molecule has 0 saturated heterocycles. The van der Waals surface area contributed by atoms with Crippen molar-refractivity contribution in [3.8, 4) is 5.75 Å². The fraction of sp³-hybridized carbons (Fsp3) is 0.500. The van der Waals surface area contributed by atoms with Gasteiger partial charge in [-0.25, -0.2) is 4.79 Å². The molecule has 3 nitrogen and oxygen atoms in total. The van der Waals surface area contributed by atoms with Gasteiger partial charge in [0.15, 0.2) is 0 Å². The quantitative estimate of drug-likeness (QED) is 0.786. The first-order valence-corrected chi connectivity index (χ1v) is 6.51. The molecule has 1 aliphatic carbocycles. The van der Waals surface area contributed by atoms with Crippen LogP contribution >= 0.6 is 0 Å². The maximum Gasteiger partial charge on any atom is 0.573 e. The lowest BCUT2D eigenvalue weighted by Crippen LogP contribution is -2.21. The Balaban J connectivity index is 1.93. The van der Waals surface area contributed by atoms with Crippen LogP contribution in [-0.4, -0.2) is 18.4 Å². The highest BCUT2D eigenvalue weighted by Gasteiger charge is 2.31. The van der Waals surface area contributed by atoms with Gasteiger partial charge < -0.3 is 9.47 Å². The molecule has 0 aliphatic heterocycles. The van der Waals surface area contributed by atoms with Gasteiger partial charge in [-0.1, -0.05) is 6.42 Å². The van der Waals surface area contributed by atoms with Crippen molar-refractivity contribution in [2.24, 2.45) is 0 Å². The van der Waals surface area contributed by atoms with Gasteiger partial charge in [-0.05, 0) is 49.9 Å². The molecule has 0 N–H and O–H groups in total. The van der Waals surface area contributed by atoms with Crippen LogP contribution in [0.3, 0.4) is 0 Å². The van der Waals surface area contributed by atoms with E-state index in [1.54, 1.807) is 0 Å². The molecule has 0 atom stereocenters. The van der Waals surface area contributed by atoms with Crippen LogP contribution in [0.4, 0.5) is 13.2 Å².